The first-order valence-corrected chi connectivity index (χ1v) is 14.5. The maximum absolute atomic E-state index is 3.67. The molecular weight excluding hydrogens is 506 g/mol. The molecule has 7 aromatic carbocycles. The van der Waals surface area contributed by atoms with Crippen molar-refractivity contribution in [2.45, 2.75) is 5.41 Å². The highest BCUT2D eigenvalue weighted by Gasteiger charge is 2.46. The van der Waals surface area contributed by atoms with Gasteiger partial charge in [0.05, 0.1) is 5.41 Å². The average molecular weight is 536 g/mol. The predicted molar refractivity (Wildman–Crippen MR) is 176 cm³/mol. The Kier molecular flexibility index (Phi) is 5.75. The maximum Gasteiger partial charge on any atom is 0.0714 e. The van der Waals surface area contributed by atoms with E-state index in [0.717, 1.165) is 11.4 Å². The van der Waals surface area contributed by atoms with Crippen LogP contribution in [0, 0.1) is 0 Å². The summed E-state index contributed by atoms with van der Waals surface area (Å²) in [6.45, 7) is 0. The molecule has 7 aromatic rings. The number of benzene rings is 7. The molecule has 0 saturated heterocycles. The Morgan fingerprint density at radius 1 is 0.357 bits per heavy atom. The second-order valence-corrected chi connectivity index (χ2v) is 11.1. The van der Waals surface area contributed by atoms with Crippen molar-refractivity contribution in [1.29, 1.82) is 0 Å². The minimum absolute atomic E-state index is 0.491. The van der Waals surface area contributed by atoms with Crippen LogP contribution in [0.5, 0.6) is 0 Å². The lowest BCUT2D eigenvalue weighted by Gasteiger charge is -2.34. The van der Waals surface area contributed by atoms with Crippen LogP contribution in [-0.2, 0) is 5.41 Å². The molecule has 1 nitrogen and oxygen atoms in total. The number of rotatable bonds is 5. The summed E-state index contributed by atoms with van der Waals surface area (Å²) in [5, 5.41) is 6.19. The maximum atomic E-state index is 3.67. The first kappa shape index (κ1) is 24.4. The number of hydrogen-bond acceptors (Lipinski definition) is 1. The molecule has 1 N–H and O–H groups in total. The van der Waals surface area contributed by atoms with Crippen LogP contribution in [0.15, 0.2) is 170 Å². The van der Waals surface area contributed by atoms with E-state index in [2.05, 4.69) is 175 Å². The molecule has 0 bridgehead atoms. The van der Waals surface area contributed by atoms with Crippen molar-refractivity contribution in [2.24, 2.45) is 0 Å². The minimum Gasteiger partial charge on any atom is -0.356 e. The molecule has 0 amide bonds. The molecule has 1 atom stereocenters. The summed E-state index contributed by atoms with van der Waals surface area (Å²) in [4.78, 5) is 0. The second-order valence-electron chi connectivity index (χ2n) is 11.1. The van der Waals surface area contributed by atoms with Crippen LogP contribution in [0.4, 0.5) is 11.4 Å². The van der Waals surface area contributed by atoms with Gasteiger partial charge >= 0.3 is 0 Å². The third-order valence-electron chi connectivity index (χ3n) is 8.68. The molecule has 0 aromatic heterocycles. The molecule has 1 aliphatic rings. The third-order valence-corrected chi connectivity index (χ3v) is 8.68. The predicted octanol–water partition coefficient (Wildman–Crippen LogP) is 10.6. The first-order valence-electron chi connectivity index (χ1n) is 14.5. The van der Waals surface area contributed by atoms with E-state index in [1.54, 1.807) is 0 Å². The summed E-state index contributed by atoms with van der Waals surface area (Å²) in [5.74, 6) is 0. The zero-order valence-corrected chi connectivity index (χ0v) is 23.2. The molecule has 0 spiro atoms. The van der Waals surface area contributed by atoms with Gasteiger partial charge in [-0.15, -0.1) is 0 Å². The molecule has 1 heteroatoms. The zero-order valence-electron chi connectivity index (χ0n) is 23.2. The Morgan fingerprint density at radius 3 is 1.71 bits per heavy atom. The van der Waals surface area contributed by atoms with Crippen molar-refractivity contribution < 1.29 is 0 Å². The molecule has 198 valence electrons. The SMILES string of the molecule is c1ccc(Nc2ccc3c(c2)C(c2ccccc2)(c2cccc(-c4ccccc4)c2)c2cc4ccccc4cc2-3)cc1. The lowest BCUT2D eigenvalue weighted by atomic mass is 9.67. The molecule has 0 fully saturated rings. The number of anilines is 2. The van der Waals surface area contributed by atoms with Gasteiger partial charge in [0.1, 0.15) is 0 Å². The fourth-order valence-electron chi connectivity index (χ4n) is 6.81. The number of nitrogens with one attached hydrogen (secondary N) is 1. The van der Waals surface area contributed by atoms with Gasteiger partial charge in [0.25, 0.3) is 0 Å². The Morgan fingerprint density at radius 2 is 0.952 bits per heavy atom. The van der Waals surface area contributed by atoms with Crippen molar-refractivity contribution in [1.82, 2.24) is 0 Å². The lowest BCUT2D eigenvalue weighted by molar-refractivity contribution is 0.770. The largest absolute Gasteiger partial charge is 0.356 e. The van der Waals surface area contributed by atoms with Gasteiger partial charge in [-0.05, 0) is 97.7 Å². The van der Waals surface area contributed by atoms with Gasteiger partial charge in [-0.3, -0.25) is 0 Å². The second kappa shape index (κ2) is 9.90. The lowest BCUT2D eigenvalue weighted by Crippen LogP contribution is -2.28. The van der Waals surface area contributed by atoms with Crippen LogP contribution < -0.4 is 5.32 Å². The molecule has 0 radical (unpaired) electrons. The Bertz CT molecular complexity index is 2040. The smallest absolute Gasteiger partial charge is 0.0714 e. The van der Waals surface area contributed by atoms with Crippen LogP contribution in [0.1, 0.15) is 22.3 Å². The number of hydrogen-bond donors (Lipinski definition) is 1. The molecule has 0 aliphatic heterocycles. The number of fused-ring (bicyclic) bond motifs is 4. The van der Waals surface area contributed by atoms with Gasteiger partial charge in [0, 0.05) is 11.4 Å². The van der Waals surface area contributed by atoms with Gasteiger partial charge in [0.15, 0.2) is 0 Å². The van der Waals surface area contributed by atoms with E-state index in [1.165, 1.54) is 55.3 Å². The topological polar surface area (TPSA) is 12.0 Å². The van der Waals surface area contributed by atoms with Crippen molar-refractivity contribution in [3.05, 3.63) is 192 Å². The third kappa shape index (κ3) is 3.86. The zero-order chi connectivity index (χ0) is 27.9. The van der Waals surface area contributed by atoms with E-state index < -0.39 is 5.41 Å². The van der Waals surface area contributed by atoms with Gasteiger partial charge in [-0.1, -0.05) is 127 Å². The van der Waals surface area contributed by atoms with Gasteiger partial charge in [-0.2, -0.15) is 0 Å². The van der Waals surface area contributed by atoms with Crippen molar-refractivity contribution in [2.75, 3.05) is 5.32 Å². The Balaban J connectivity index is 1.46. The highest BCUT2D eigenvalue weighted by Crippen LogP contribution is 2.57. The standard InChI is InChI=1S/C41H29N/c1-4-13-29(14-5-1)30-17-12-20-34(25-30)41(33-18-6-2-7-19-33)39-27-32-16-11-10-15-31(32)26-38(39)37-24-23-36(28-40(37)41)42-35-21-8-3-9-22-35/h1-28,42H. The van der Waals surface area contributed by atoms with E-state index >= 15 is 0 Å². The van der Waals surface area contributed by atoms with Gasteiger partial charge in [-0.25, -0.2) is 0 Å². The molecule has 1 aliphatic carbocycles. The van der Waals surface area contributed by atoms with Crippen molar-refractivity contribution >= 4 is 22.1 Å². The monoisotopic (exact) mass is 535 g/mol. The molecular formula is C41H29N. The van der Waals surface area contributed by atoms with Crippen molar-refractivity contribution in [3.8, 4) is 22.3 Å². The van der Waals surface area contributed by atoms with E-state index in [9.17, 15) is 0 Å². The summed E-state index contributed by atoms with van der Waals surface area (Å²) in [7, 11) is 0. The van der Waals surface area contributed by atoms with Crippen LogP contribution in [-0.4, -0.2) is 0 Å². The average Bonchev–Trinajstić information content (AvgIpc) is 3.34. The van der Waals surface area contributed by atoms with Crippen LogP contribution in [0.3, 0.4) is 0 Å². The summed E-state index contributed by atoms with van der Waals surface area (Å²) in [5.41, 5.74) is 11.8. The van der Waals surface area contributed by atoms with E-state index in [-0.39, 0.29) is 0 Å². The molecule has 1 unspecified atom stereocenters. The highest BCUT2D eigenvalue weighted by atomic mass is 14.9. The fraction of sp³-hybridized carbons (Fsp3) is 0.0244. The minimum atomic E-state index is -0.491. The summed E-state index contributed by atoms with van der Waals surface area (Å²) >= 11 is 0. The van der Waals surface area contributed by atoms with E-state index in [4.69, 9.17) is 0 Å². The van der Waals surface area contributed by atoms with Gasteiger partial charge in [0.2, 0.25) is 0 Å². The Hall–Kier alpha value is -5.40. The molecule has 0 heterocycles. The first-order chi connectivity index (χ1) is 20.8. The highest BCUT2D eigenvalue weighted by molar-refractivity contribution is 5.96. The van der Waals surface area contributed by atoms with Gasteiger partial charge < -0.3 is 5.32 Å². The van der Waals surface area contributed by atoms with E-state index in [1.807, 2.05) is 0 Å². The summed E-state index contributed by atoms with van der Waals surface area (Å²) < 4.78 is 0. The normalized spacial score (nSPS) is 15.2. The van der Waals surface area contributed by atoms with Crippen LogP contribution in [0.25, 0.3) is 33.0 Å². The molecule has 8 rings (SSSR count). The van der Waals surface area contributed by atoms with Crippen LogP contribution in [0.2, 0.25) is 0 Å². The molecule has 42 heavy (non-hydrogen) atoms. The quantitative estimate of drug-likeness (QED) is 0.231. The van der Waals surface area contributed by atoms with E-state index in [0.29, 0.717) is 0 Å². The summed E-state index contributed by atoms with van der Waals surface area (Å²) in [6, 6.07) is 61.7. The number of para-hydroxylation sites is 1. The Labute approximate surface area is 246 Å². The van der Waals surface area contributed by atoms with Crippen molar-refractivity contribution in [3.63, 3.8) is 0 Å². The molecule has 0 saturated carbocycles. The van der Waals surface area contributed by atoms with Crippen LogP contribution >= 0.6 is 0 Å². The fourth-order valence-corrected chi connectivity index (χ4v) is 6.81. The summed E-state index contributed by atoms with van der Waals surface area (Å²) in [6.07, 6.45) is 0.